The van der Waals surface area contributed by atoms with Gasteiger partial charge in [-0.15, -0.1) is 0 Å². The van der Waals surface area contributed by atoms with Gasteiger partial charge >= 0.3 is 5.97 Å². The molecule has 182 valence electrons. The summed E-state index contributed by atoms with van der Waals surface area (Å²) in [6.45, 7) is 2.61. The molecule has 0 aromatic heterocycles. The summed E-state index contributed by atoms with van der Waals surface area (Å²) in [7, 11) is 0. The fraction of sp³-hybridized carbons (Fsp3) is 0.286. The first kappa shape index (κ1) is 25.1. The summed E-state index contributed by atoms with van der Waals surface area (Å²) < 4.78 is 6.27. The molecule has 0 unspecified atom stereocenters. The Bertz CT molecular complexity index is 1230. The first-order valence-corrected chi connectivity index (χ1v) is 12.3. The van der Waals surface area contributed by atoms with Gasteiger partial charge in [0.1, 0.15) is 11.4 Å². The van der Waals surface area contributed by atoms with Crippen LogP contribution in [0.15, 0.2) is 66.7 Å². The van der Waals surface area contributed by atoms with Gasteiger partial charge in [-0.2, -0.15) is 0 Å². The molecule has 0 radical (unpaired) electrons. The van der Waals surface area contributed by atoms with Crippen LogP contribution in [0.2, 0.25) is 10.0 Å². The molecular formula is C28H27Cl2NO4. The van der Waals surface area contributed by atoms with Gasteiger partial charge in [0.2, 0.25) is 0 Å². The van der Waals surface area contributed by atoms with E-state index in [1.165, 1.54) is 0 Å². The highest BCUT2D eigenvalue weighted by atomic mass is 35.5. The molecule has 1 aliphatic heterocycles. The van der Waals surface area contributed by atoms with E-state index >= 15 is 0 Å². The predicted octanol–water partition coefficient (Wildman–Crippen LogP) is 6.09. The minimum Gasteiger partial charge on any atom is -0.487 e. The van der Waals surface area contributed by atoms with Crippen molar-refractivity contribution in [1.82, 2.24) is 4.90 Å². The number of fused-ring (bicyclic) bond motifs is 1. The number of ether oxygens (including phenoxy) is 1. The molecule has 0 bridgehead atoms. The molecule has 35 heavy (non-hydrogen) atoms. The van der Waals surface area contributed by atoms with Gasteiger partial charge in [-0.05, 0) is 54.3 Å². The number of carboxylic acid groups (broad SMARTS) is 1. The number of halogens is 2. The Balaban J connectivity index is 1.49. The summed E-state index contributed by atoms with van der Waals surface area (Å²) in [5, 5.41) is 10.2. The SMILES string of the molecule is C[C@]1(Cc2cccc(Cl)c2Cl)Cc2cc(C(=O)N(CCC(=O)O)CCc3ccccc3)ccc2O1. The largest absolute Gasteiger partial charge is 0.487 e. The highest BCUT2D eigenvalue weighted by Crippen LogP contribution is 2.39. The van der Waals surface area contributed by atoms with E-state index < -0.39 is 11.6 Å². The lowest BCUT2D eigenvalue weighted by atomic mass is 9.91. The fourth-order valence-corrected chi connectivity index (χ4v) is 4.86. The lowest BCUT2D eigenvalue weighted by molar-refractivity contribution is -0.137. The zero-order valence-electron chi connectivity index (χ0n) is 19.5. The van der Waals surface area contributed by atoms with Crippen molar-refractivity contribution >= 4 is 35.1 Å². The summed E-state index contributed by atoms with van der Waals surface area (Å²) in [6.07, 6.45) is 1.74. The van der Waals surface area contributed by atoms with Gasteiger partial charge in [-0.3, -0.25) is 9.59 Å². The maximum Gasteiger partial charge on any atom is 0.305 e. The standard InChI is InChI=1S/C28H27Cl2NO4/c1-28(17-21-8-5-9-23(29)26(21)30)18-22-16-20(10-11-24(22)35-28)27(34)31(15-13-25(32)33)14-12-19-6-3-2-4-7-19/h2-11,16H,12-15,17-18H2,1H3,(H,32,33)/t28-/m0/s1. The first-order valence-electron chi connectivity index (χ1n) is 11.5. The van der Waals surface area contributed by atoms with Crippen LogP contribution >= 0.6 is 23.2 Å². The van der Waals surface area contributed by atoms with Crippen LogP contribution < -0.4 is 4.74 Å². The fourth-order valence-electron chi connectivity index (χ4n) is 4.48. The molecule has 0 spiro atoms. The molecule has 0 saturated carbocycles. The molecule has 3 aromatic carbocycles. The van der Waals surface area contributed by atoms with Crippen LogP contribution in [0.4, 0.5) is 0 Å². The number of amides is 1. The van der Waals surface area contributed by atoms with Gasteiger partial charge in [0.05, 0.1) is 16.5 Å². The summed E-state index contributed by atoms with van der Waals surface area (Å²) >= 11 is 12.6. The van der Waals surface area contributed by atoms with E-state index in [-0.39, 0.29) is 18.9 Å². The lowest BCUT2D eigenvalue weighted by Gasteiger charge is -2.24. The minimum atomic E-state index is -0.930. The van der Waals surface area contributed by atoms with Crippen LogP contribution in [0.1, 0.15) is 40.4 Å². The smallest absolute Gasteiger partial charge is 0.305 e. The predicted molar refractivity (Wildman–Crippen MR) is 138 cm³/mol. The quantitative estimate of drug-likeness (QED) is 0.377. The van der Waals surface area contributed by atoms with E-state index in [2.05, 4.69) is 0 Å². The molecule has 0 fully saturated rings. The second-order valence-corrected chi connectivity index (χ2v) is 9.90. The Morgan fingerprint density at radius 2 is 1.80 bits per heavy atom. The van der Waals surface area contributed by atoms with E-state index in [0.29, 0.717) is 41.4 Å². The normalized spacial score (nSPS) is 16.4. The van der Waals surface area contributed by atoms with Gasteiger partial charge in [0, 0.05) is 31.5 Å². The highest BCUT2D eigenvalue weighted by Gasteiger charge is 2.36. The van der Waals surface area contributed by atoms with Gasteiger partial charge in [-0.1, -0.05) is 65.7 Å². The molecule has 7 heteroatoms. The van der Waals surface area contributed by atoms with Gasteiger partial charge in [-0.25, -0.2) is 0 Å². The molecule has 1 amide bonds. The van der Waals surface area contributed by atoms with E-state index in [0.717, 1.165) is 22.4 Å². The van der Waals surface area contributed by atoms with E-state index in [1.54, 1.807) is 17.0 Å². The minimum absolute atomic E-state index is 0.104. The first-order chi connectivity index (χ1) is 16.7. The molecule has 0 aliphatic carbocycles. The van der Waals surface area contributed by atoms with E-state index in [4.69, 9.17) is 33.0 Å². The Kier molecular flexibility index (Phi) is 7.68. The molecule has 1 N–H and O–H groups in total. The molecule has 5 nitrogen and oxygen atoms in total. The van der Waals surface area contributed by atoms with Crippen molar-refractivity contribution in [3.8, 4) is 5.75 Å². The van der Waals surface area contributed by atoms with E-state index in [1.807, 2.05) is 61.5 Å². The maximum atomic E-state index is 13.4. The average molecular weight is 512 g/mol. The van der Waals surface area contributed by atoms with Crippen molar-refractivity contribution in [2.24, 2.45) is 0 Å². The Hall–Kier alpha value is -3.02. The molecule has 1 aliphatic rings. The third-order valence-electron chi connectivity index (χ3n) is 6.22. The number of hydrogen-bond acceptors (Lipinski definition) is 3. The molecule has 1 heterocycles. The van der Waals surface area contributed by atoms with Crippen molar-refractivity contribution in [2.75, 3.05) is 13.1 Å². The number of carbonyl (C=O) groups is 2. The van der Waals surface area contributed by atoms with Crippen molar-refractivity contribution in [1.29, 1.82) is 0 Å². The average Bonchev–Trinajstić information content (AvgIpc) is 3.17. The van der Waals surface area contributed by atoms with Crippen LogP contribution in [0.5, 0.6) is 5.75 Å². The third kappa shape index (κ3) is 6.16. The molecule has 4 rings (SSSR count). The van der Waals surface area contributed by atoms with Crippen LogP contribution in [0, 0.1) is 0 Å². The van der Waals surface area contributed by atoms with E-state index in [9.17, 15) is 9.59 Å². The van der Waals surface area contributed by atoms with Gasteiger partial charge < -0.3 is 14.7 Å². The summed E-state index contributed by atoms with van der Waals surface area (Å²) in [5.41, 5.74) is 2.95. The number of rotatable bonds is 9. The topological polar surface area (TPSA) is 66.8 Å². The van der Waals surface area contributed by atoms with Crippen molar-refractivity contribution in [2.45, 2.75) is 38.2 Å². The Morgan fingerprint density at radius 1 is 1.03 bits per heavy atom. The molecular weight excluding hydrogens is 485 g/mol. The highest BCUT2D eigenvalue weighted by molar-refractivity contribution is 6.42. The Labute approximate surface area is 215 Å². The number of aliphatic carboxylic acids is 1. The van der Waals surface area contributed by atoms with Crippen molar-refractivity contribution in [3.63, 3.8) is 0 Å². The zero-order valence-corrected chi connectivity index (χ0v) is 21.0. The zero-order chi connectivity index (χ0) is 25.0. The summed E-state index contributed by atoms with van der Waals surface area (Å²) in [5.74, 6) is -0.375. The second kappa shape index (κ2) is 10.7. The molecule has 0 saturated heterocycles. The second-order valence-electron chi connectivity index (χ2n) is 9.11. The van der Waals surface area contributed by atoms with Crippen molar-refractivity contribution in [3.05, 3.63) is 99.0 Å². The maximum absolute atomic E-state index is 13.4. The van der Waals surface area contributed by atoms with Crippen LogP contribution in [-0.4, -0.2) is 40.6 Å². The number of benzene rings is 3. The molecule has 3 aromatic rings. The van der Waals surface area contributed by atoms with Gasteiger partial charge in [0.15, 0.2) is 0 Å². The van der Waals surface area contributed by atoms with Crippen LogP contribution in [-0.2, 0) is 24.1 Å². The number of nitrogens with zero attached hydrogens (tertiary/aromatic N) is 1. The summed E-state index contributed by atoms with van der Waals surface area (Å²) in [6, 6.07) is 20.8. The lowest BCUT2D eigenvalue weighted by Crippen LogP contribution is -2.35. The summed E-state index contributed by atoms with van der Waals surface area (Å²) in [4.78, 5) is 26.2. The number of carbonyl (C=O) groups excluding carboxylic acids is 1. The third-order valence-corrected chi connectivity index (χ3v) is 7.08. The number of carboxylic acids is 1. The van der Waals surface area contributed by atoms with Crippen molar-refractivity contribution < 1.29 is 19.4 Å². The monoisotopic (exact) mass is 511 g/mol. The van der Waals surface area contributed by atoms with Crippen LogP contribution in [0.25, 0.3) is 0 Å². The van der Waals surface area contributed by atoms with Crippen LogP contribution in [0.3, 0.4) is 0 Å². The van der Waals surface area contributed by atoms with Gasteiger partial charge in [0.25, 0.3) is 5.91 Å². The molecule has 1 atom stereocenters. The number of hydrogen-bond donors (Lipinski definition) is 1. The Morgan fingerprint density at radius 3 is 2.54 bits per heavy atom.